The van der Waals surface area contributed by atoms with Gasteiger partial charge in [-0.25, -0.2) is 10.4 Å². The predicted molar refractivity (Wildman–Crippen MR) is 84.8 cm³/mol. The Balaban J connectivity index is 1.99. The molecule has 1 N–H and O–H groups in total. The zero-order valence-corrected chi connectivity index (χ0v) is 12.6. The summed E-state index contributed by atoms with van der Waals surface area (Å²) in [6.07, 6.45) is 3.12. The molecule has 0 bridgehead atoms. The van der Waals surface area contributed by atoms with Crippen LogP contribution in [0.25, 0.3) is 0 Å². The van der Waals surface area contributed by atoms with E-state index in [-0.39, 0.29) is 11.1 Å². The average Bonchev–Trinajstić information content (AvgIpc) is 2.48. The van der Waals surface area contributed by atoms with Crippen molar-refractivity contribution in [2.75, 3.05) is 0 Å². The van der Waals surface area contributed by atoms with Crippen molar-refractivity contribution in [3.05, 3.63) is 64.4 Å². The summed E-state index contributed by atoms with van der Waals surface area (Å²) in [4.78, 5) is 15.7. The molecular weight excluding hydrogens is 286 g/mol. The van der Waals surface area contributed by atoms with Crippen molar-refractivity contribution >= 4 is 23.7 Å². The maximum atomic E-state index is 11.8. The second kappa shape index (κ2) is 6.99. The molecule has 0 fully saturated rings. The topological polar surface area (TPSA) is 54.4 Å². The minimum atomic E-state index is -0.386. The minimum absolute atomic E-state index is 0.159. The third-order valence-electron chi connectivity index (χ3n) is 2.99. The van der Waals surface area contributed by atoms with E-state index in [4.69, 9.17) is 11.6 Å². The molecule has 108 valence electrons. The molecule has 0 saturated carbocycles. The van der Waals surface area contributed by atoms with E-state index in [1.54, 1.807) is 18.3 Å². The molecule has 0 aliphatic heterocycles. The highest BCUT2D eigenvalue weighted by atomic mass is 35.5. The summed E-state index contributed by atoms with van der Waals surface area (Å²) in [6.45, 7) is 4.28. The first-order valence-electron chi connectivity index (χ1n) is 6.62. The number of hydrogen-bond donors (Lipinski definition) is 1. The first-order chi connectivity index (χ1) is 10.1. The van der Waals surface area contributed by atoms with Crippen molar-refractivity contribution in [1.82, 2.24) is 10.4 Å². The third-order valence-corrected chi connectivity index (χ3v) is 3.29. The standard InChI is InChI=1S/C16H16ClN3O/c1-11(2)13-7-5-12(6-8-13)10-19-20-16(21)14-4-3-9-18-15(14)17/h3-11H,1-2H3,(H,20,21). The molecule has 0 spiro atoms. The van der Waals surface area contributed by atoms with Gasteiger partial charge in [-0.15, -0.1) is 0 Å². The normalized spacial score (nSPS) is 11.0. The van der Waals surface area contributed by atoms with Crippen molar-refractivity contribution in [3.8, 4) is 0 Å². The van der Waals surface area contributed by atoms with Crippen molar-refractivity contribution in [2.24, 2.45) is 5.10 Å². The van der Waals surface area contributed by atoms with Gasteiger partial charge in [0.1, 0.15) is 5.15 Å². The van der Waals surface area contributed by atoms with E-state index in [9.17, 15) is 4.79 Å². The van der Waals surface area contributed by atoms with E-state index in [0.717, 1.165) is 5.56 Å². The van der Waals surface area contributed by atoms with Gasteiger partial charge in [0.15, 0.2) is 0 Å². The van der Waals surface area contributed by atoms with Crippen LogP contribution < -0.4 is 5.43 Å². The number of hydrogen-bond acceptors (Lipinski definition) is 3. The SMILES string of the molecule is CC(C)c1ccc(C=NNC(=O)c2cccnc2Cl)cc1. The summed E-state index contributed by atoms with van der Waals surface area (Å²) in [7, 11) is 0. The number of aromatic nitrogens is 1. The van der Waals surface area contributed by atoms with Gasteiger partial charge < -0.3 is 0 Å². The van der Waals surface area contributed by atoms with Gasteiger partial charge >= 0.3 is 0 Å². The van der Waals surface area contributed by atoms with Gasteiger partial charge in [0, 0.05) is 6.20 Å². The van der Waals surface area contributed by atoms with Gasteiger partial charge in [0.05, 0.1) is 11.8 Å². The van der Waals surface area contributed by atoms with Crippen LogP contribution in [-0.2, 0) is 0 Å². The fourth-order valence-corrected chi connectivity index (χ4v) is 1.95. The summed E-state index contributed by atoms with van der Waals surface area (Å²) in [5.74, 6) is 0.103. The molecule has 2 rings (SSSR count). The Morgan fingerprint density at radius 3 is 2.62 bits per heavy atom. The Hall–Kier alpha value is -2.20. The maximum absolute atomic E-state index is 11.8. The first-order valence-corrected chi connectivity index (χ1v) is 6.99. The second-order valence-electron chi connectivity index (χ2n) is 4.86. The largest absolute Gasteiger partial charge is 0.274 e. The molecule has 21 heavy (non-hydrogen) atoms. The number of benzene rings is 1. The zero-order chi connectivity index (χ0) is 15.2. The van der Waals surface area contributed by atoms with Crippen LogP contribution in [0.15, 0.2) is 47.7 Å². The van der Waals surface area contributed by atoms with Crippen molar-refractivity contribution in [3.63, 3.8) is 0 Å². The molecule has 0 atom stereocenters. The fourth-order valence-electron chi connectivity index (χ4n) is 1.75. The molecule has 0 aliphatic carbocycles. The van der Waals surface area contributed by atoms with Crippen molar-refractivity contribution in [2.45, 2.75) is 19.8 Å². The number of pyridine rings is 1. The van der Waals surface area contributed by atoms with Crippen LogP contribution in [-0.4, -0.2) is 17.1 Å². The van der Waals surface area contributed by atoms with E-state index in [0.29, 0.717) is 11.5 Å². The summed E-state index contributed by atoms with van der Waals surface area (Å²) in [6, 6.07) is 11.3. The summed E-state index contributed by atoms with van der Waals surface area (Å²) in [5.41, 5.74) is 4.91. The molecule has 0 aliphatic rings. The monoisotopic (exact) mass is 301 g/mol. The van der Waals surface area contributed by atoms with E-state index < -0.39 is 0 Å². The Kier molecular flexibility index (Phi) is 5.06. The van der Waals surface area contributed by atoms with Crippen LogP contribution in [0.3, 0.4) is 0 Å². The number of rotatable bonds is 4. The number of nitrogens with zero attached hydrogens (tertiary/aromatic N) is 2. The quantitative estimate of drug-likeness (QED) is 0.533. The zero-order valence-electron chi connectivity index (χ0n) is 11.9. The van der Waals surface area contributed by atoms with E-state index in [1.807, 2.05) is 24.3 Å². The lowest BCUT2D eigenvalue weighted by atomic mass is 10.0. The van der Waals surface area contributed by atoms with E-state index in [1.165, 1.54) is 11.8 Å². The molecule has 1 aromatic heterocycles. The van der Waals surface area contributed by atoms with Gasteiger partial charge in [-0.05, 0) is 29.2 Å². The van der Waals surface area contributed by atoms with Crippen LogP contribution in [0, 0.1) is 0 Å². The fraction of sp³-hybridized carbons (Fsp3) is 0.188. The highest BCUT2D eigenvalue weighted by Crippen LogP contribution is 2.14. The highest BCUT2D eigenvalue weighted by Gasteiger charge is 2.08. The van der Waals surface area contributed by atoms with Gasteiger partial charge in [-0.2, -0.15) is 5.10 Å². The lowest BCUT2D eigenvalue weighted by Gasteiger charge is -2.04. The predicted octanol–water partition coefficient (Wildman–Crippen LogP) is 3.62. The number of carbonyl (C=O) groups excluding carboxylic acids is 1. The molecule has 2 aromatic rings. The van der Waals surface area contributed by atoms with Gasteiger partial charge in [-0.3, -0.25) is 4.79 Å². The number of carbonyl (C=O) groups is 1. The smallest absolute Gasteiger partial charge is 0.267 e. The van der Waals surface area contributed by atoms with Gasteiger partial charge in [0.25, 0.3) is 5.91 Å². The van der Waals surface area contributed by atoms with E-state index in [2.05, 4.69) is 29.4 Å². The first kappa shape index (κ1) is 15.2. The molecule has 0 radical (unpaired) electrons. The van der Waals surface area contributed by atoms with Crippen LogP contribution in [0.2, 0.25) is 5.15 Å². The number of amides is 1. The lowest BCUT2D eigenvalue weighted by molar-refractivity contribution is 0.0955. The van der Waals surface area contributed by atoms with Gasteiger partial charge in [-0.1, -0.05) is 49.7 Å². The summed E-state index contributed by atoms with van der Waals surface area (Å²) >= 11 is 5.84. The molecule has 1 amide bonds. The minimum Gasteiger partial charge on any atom is -0.267 e. The number of hydrazone groups is 1. The number of nitrogens with one attached hydrogen (secondary N) is 1. The highest BCUT2D eigenvalue weighted by molar-refractivity contribution is 6.32. The molecule has 1 heterocycles. The Morgan fingerprint density at radius 2 is 2.00 bits per heavy atom. The third kappa shape index (κ3) is 4.13. The van der Waals surface area contributed by atoms with E-state index >= 15 is 0 Å². The van der Waals surface area contributed by atoms with Crippen LogP contribution in [0.5, 0.6) is 0 Å². The molecule has 5 heteroatoms. The molecule has 1 aromatic carbocycles. The Morgan fingerprint density at radius 1 is 1.29 bits per heavy atom. The Labute approximate surface area is 128 Å². The Bertz CT molecular complexity index is 651. The second-order valence-corrected chi connectivity index (χ2v) is 5.22. The van der Waals surface area contributed by atoms with Crippen LogP contribution >= 0.6 is 11.6 Å². The summed E-state index contributed by atoms with van der Waals surface area (Å²) < 4.78 is 0. The summed E-state index contributed by atoms with van der Waals surface area (Å²) in [5, 5.41) is 4.08. The lowest BCUT2D eigenvalue weighted by Crippen LogP contribution is -2.18. The maximum Gasteiger partial charge on any atom is 0.274 e. The van der Waals surface area contributed by atoms with Gasteiger partial charge in [0.2, 0.25) is 0 Å². The average molecular weight is 302 g/mol. The molecule has 4 nitrogen and oxygen atoms in total. The van der Waals surface area contributed by atoms with Crippen molar-refractivity contribution < 1.29 is 4.79 Å². The molecule has 0 saturated heterocycles. The molecular formula is C16H16ClN3O. The van der Waals surface area contributed by atoms with Crippen LogP contribution in [0.1, 0.15) is 41.3 Å². The molecule has 0 unspecified atom stereocenters. The number of halogens is 1. The van der Waals surface area contributed by atoms with Crippen LogP contribution in [0.4, 0.5) is 0 Å². The van der Waals surface area contributed by atoms with Crippen molar-refractivity contribution in [1.29, 1.82) is 0 Å².